The molecule has 0 fully saturated rings. The van der Waals surface area contributed by atoms with E-state index in [9.17, 15) is 0 Å². The summed E-state index contributed by atoms with van der Waals surface area (Å²) in [5.74, 6) is 0. The molecule has 88 valence electrons. The Morgan fingerprint density at radius 3 is 3.06 bits per heavy atom. The van der Waals surface area contributed by atoms with Crippen LogP contribution < -0.4 is 5.32 Å². The predicted octanol–water partition coefficient (Wildman–Crippen LogP) is 1.85. The first-order chi connectivity index (χ1) is 8.33. The summed E-state index contributed by atoms with van der Waals surface area (Å²) in [6, 6.07) is 11.2. The first kappa shape index (κ1) is 10.5. The number of fused-ring (bicyclic) bond motifs is 1. The lowest BCUT2D eigenvalue weighted by Gasteiger charge is -2.26. The molecule has 0 saturated carbocycles. The molecular weight excluding hydrogens is 210 g/mol. The van der Waals surface area contributed by atoms with E-state index in [2.05, 4.69) is 40.7 Å². The molecule has 1 aliphatic rings. The average molecular weight is 227 g/mol. The van der Waals surface area contributed by atoms with Crippen molar-refractivity contribution in [3.8, 4) is 0 Å². The largest absolute Gasteiger partial charge is 0.309 e. The Labute approximate surface area is 101 Å². The van der Waals surface area contributed by atoms with Gasteiger partial charge >= 0.3 is 0 Å². The standard InChI is InChI=1S/C14H17N3/c1-17-9-7-12(16-17)10-14-13-5-3-2-4-11(13)6-8-15-14/h2-5,7,9,14-15H,6,8,10H2,1H3. The molecule has 3 rings (SSSR count). The number of aryl methyl sites for hydroxylation is 1. The fourth-order valence-electron chi connectivity index (χ4n) is 2.56. The third-order valence-electron chi connectivity index (χ3n) is 3.40. The molecule has 2 aromatic rings. The third-order valence-corrected chi connectivity index (χ3v) is 3.40. The van der Waals surface area contributed by atoms with Crippen molar-refractivity contribution >= 4 is 0 Å². The zero-order chi connectivity index (χ0) is 11.7. The van der Waals surface area contributed by atoms with Gasteiger partial charge in [-0.15, -0.1) is 0 Å². The molecule has 0 bridgehead atoms. The van der Waals surface area contributed by atoms with Gasteiger partial charge in [0.15, 0.2) is 0 Å². The number of hydrogen-bond acceptors (Lipinski definition) is 2. The van der Waals surface area contributed by atoms with Crippen molar-refractivity contribution in [2.45, 2.75) is 18.9 Å². The van der Waals surface area contributed by atoms with E-state index in [1.807, 2.05) is 17.9 Å². The molecule has 1 aliphatic heterocycles. The van der Waals surface area contributed by atoms with E-state index in [0.717, 1.165) is 25.1 Å². The molecule has 3 heteroatoms. The van der Waals surface area contributed by atoms with Crippen LogP contribution >= 0.6 is 0 Å². The molecule has 17 heavy (non-hydrogen) atoms. The first-order valence-corrected chi connectivity index (χ1v) is 6.12. The van der Waals surface area contributed by atoms with Crippen LogP contribution in [0.25, 0.3) is 0 Å². The van der Waals surface area contributed by atoms with E-state index in [1.165, 1.54) is 11.1 Å². The lowest BCUT2D eigenvalue weighted by molar-refractivity contribution is 0.496. The molecule has 1 aromatic carbocycles. The normalized spacial score (nSPS) is 19.0. The van der Waals surface area contributed by atoms with Gasteiger partial charge in [-0.2, -0.15) is 5.10 Å². The van der Waals surface area contributed by atoms with Crippen LogP contribution in [0.4, 0.5) is 0 Å². The van der Waals surface area contributed by atoms with E-state index in [0.29, 0.717) is 6.04 Å². The lowest BCUT2D eigenvalue weighted by atomic mass is 9.92. The average Bonchev–Trinajstić information content (AvgIpc) is 2.75. The highest BCUT2D eigenvalue weighted by molar-refractivity contribution is 5.33. The number of aromatic nitrogens is 2. The van der Waals surface area contributed by atoms with Crippen molar-refractivity contribution in [1.82, 2.24) is 15.1 Å². The predicted molar refractivity (Wildman–Crippen MR) is 67.8 cm³/mol. The number of nitrogens with zero attached hydrogens (tertiary/aromatic N) is 2. The Hall–Kier alpha value is -1.61. The molecule has 0 amide bonds. The highest BCUT2D eigenvalue weighted by Gasteiger charge is 2.19. The van der Waals surface area contributed by atoms with Gasteiger partial charge in [-0.1, -0.05) is 24.3 Å². The molecule has 1 N–H and O–H groups in total. The van der Waals surface area contributed by atoms with Gasteiger partial charge in [-0.25, -0.2) is 0 Å². The van der Waals surface area contributed by atoms with E-state index in [4.69, 9.17) is 0 Å². The second kappa shape index (κ2) is 4.34. The molecule has 2 heterocycles. The van der Waals surface area contributed by atoms with E-state index in [-0.39, 0.29) is 0 Å². The van der Waals surface area contributed by atoms with Crippen molar-refractivity contribution < 1.29 is 0 Å². The van der Waals surface area contributed by atoms with Crippen LogP contribution in [0, 0.1) is 0 Å². The molecule has 0 spiro atoms. The van der Waals surface area contributed by atoms with Crippen LogP contribution in [0.15, 0.2) is 36.5 Å². The van der Waals surface area contributed by atoms with Crippen molar-refractivity contribution in [2.24, 2.45) is 7.05 Å². The first-order valence-electron chi connectivity index (χ1n) is 6.12. The van der Waals surface area contributed by atoms with Crippen LogP contribution in [-0.2, 0) is 19.9 Å². The Bertz CT molecular complexity index is 516. The number of nitrogens with one attached hydrogen (secondary N) is 1. The van der Waals surface area contributed by atoms with E-state index < -0.39 is 0 Å². The minimum absolute atomic E-state index is 0.412. The van der Waals surface area contributed by atoms with Gasteiger partial charge in [0.05, 0.1) is 5.69 Å². The van der Waals surface area contributed by atoms with Crippen LogP contribution in [0.2, 0.25) is 0 Å². The van der Waals surface area contributed by atoms with Crippen LogP contribution in [0.1, 0.15) is 22.9 Å². The Kier molecular flexibility index (Phi) is 2.69. The summed E-state index contributed by atoms with van der Waals surface area (Å²) in [6.45, 7) is 1.06. The summed E-state index contributed by atoms with van der Waals surface area (Å²) < 4.78 is 1.87. The Morgan fingerprint density at radius 2 is 2.24 bits per heavy atom. The summed E-state index contributed by atoms with van der Waals surface area (Å²) in [5.41, 5.74) is 4.07. The van der Waals surface area contributed by atoms with Crippen molar-refractivity contribution in [3.63, 3.8) is 0 Å². The number of benzene rings is 1. The van der Waals surface area contributed by atoms with Gasteiger partial charge in [-0.3, -0.25) is 4.68 Å². The van der Waals surface area contributed by atoms with E-state index >= 15 is 0 Å². The maximum atomic E-state index is 4.45. The molecule has 0 radical (unpaired) electrons. The van der Waals surface area contributed by atoms with Crippen LogP contribution in [0.5, 0.6) is 0 Å². The van der Waals surface area contributed by atoms with Gasteiger partial charge in [-0.05, 0) is 30.2 Å². The number of rotatable bonds is 2. The van der Waals surface area contributed by atoms with Crippen LogP contribution in [0.3, 0.4) is 0 Å². The van der Waals surface area contributed by atoms with Gasteiger partial charge in [0.1, 0.15) is 0 Å². The van der Waals surface area contributed by atoms with Gasteiger partial charge < -0.3 is 5.32 Å². The minimum atomic E-state index is 0.412. The fraction of sp³-hybridized carbons (Fsp3) is 0.357. The van der Waals surface area contributed by atoms with Crippen LogP contribution in [-0.4, -0.2) is 16.3 Å². The molecule has 0 aliphatic carbocycles. The topological polar surface area (TPSA) is 29.9 Å². The van der Waals surface area contributed by atoms with Gasteiger partial charge in [0, 0.05) is 25.7 Å². The zero-order valence-corrected chi connectivity index (χ0v) is 10.1. The summed E-state index contributed by atoms with van der Waals surface area (Å²) in [5, 5.41) is 8.04. The molecule has 0 saturated heterocycles. The molecular formula is C14H17N3. The quantitative estimate of drug-likeness (QED) is 0.848. The Balaban J connectivity index is 1.85. The van der Waals surface area contributed by atoms with Gasteiger partial charge in [0.25, 0.3) is 0 Å². The van der Waals surface area contributed by atoms with Crippen molar-refractivity contribution in [1.29, 1.82) is 0 Å². The third kappa shape index (κ3) is 2.11. The molecule has 1 aromatic heterocycles. The molecule has 3 nitrogen and oxygen atoms in total. The summed E-state index contributed by atoms with van der Waals surface area (Å²) in [4.78, 5) is 0. The molecule has 1 atom stereocenters. The smallest absolute Gasteiger partial charge is 0.0643 e. The second-order valence-electron chi connectivity index (χ2n) is 4.64. The van der Waals surface area contributed by atoms with Gasteiger partial charge in [0.2, 0.25) is 0 Å². The van der Waals surface area contributed by atoms with Crippen molar-refractivity contribution in [2.75, 3.05) is 6.54 Å². The zero-order valence-electron chi connectivity index (χ0n) is 10.1. The van der Waals surface area contributed by atoms with Crippen molar-refractivity contribution in [3.05, 3.63) is 53.3 Å². The highest BCUT2D eigenvalue weighted by atomic mass is 15.2. The summed E-state index contributed by atoms with van der Waals surface area (Å²) in [6.07, 6.45) is 4.11. The molecule has 1 unspecified atom stereocenters. The Morgan fingerprint density at radius 1 is 1.35 bits per heavy atom. The lowest BCUT2D eigenvalue weighted by Crippen LogP contribution is -2.31. The highest BCUT2D eigenvalue weighted by Crippen LogP contribution is 2.25. The summed E-state index contributed by atoms with van der Waals surface area (Å²) in [7, 11) is 1.96. The summed E-state index contributed by atoms with van der Waals surface area (Å²) >= 11 is 0. The van der Waals surface area contributed by atoms with E-state index in [1.54, 1.807) is 0 Å². The maximum absolute atomic E-state index is 4.45. The fourth-order valence-corrected chi connectivity index (χ4v) is 2.56. The minimum Gasteiger partial charge on any atom is -0.309 e. The second-order valence-corrected chi connectivity index (χ2v) is 4.64. The SMILES string of the molecule is Cn1ccc(CC2NCCc3ccccc32)n1. The monoisotopic (exact) mass is 227 g/mol. The number of hydrogen-bond donors (Lipinski definition) is 1. The maximum Gasteiger partial charge on any atom is 0.0643 e.